The van der Waals surface area contributed by atoms with E-state index in [1.807, 2.05) is 4.57 Å². The minimum Gasteiger partial charge on any atom is -0.480 e. The third-order valence-corrected chi connectivity index (χ3v) is 7.62. The second-order valence-corrected chi connectivity index (χ2v) is 10.8. The normalized spacial score (nSPS) is 21.4. The first-order valence-corrected chi connectivity index (χ1v) is 14.5. The fraction of sp³-hybridized carbons (Fsp3) is 0.750. The highest BCUT2D eigenvalue weighted by atomic mass is 31.2. The Bertz CT molecular complexity index is 994. The maximum atomic E-state index is 11.7. The summed E-state index contributed by atoms with van der Waals surface area (Å²) in [4.78, 5) is 34.9. The summed E-state index contributed by atoms with van der Waals surface area (Å²) < 4.78 is 13.6. The van der Waals surface area contributed by atoms with Crippen molar-refractivity contribution >= 4 is 37.4 Å². The number of imidazole rings is 1. The lowest BCUT2D eigenvalue weighted by atomic mass is 10.1. The number of aliphatic carboxylic acids is 1. The number of fused-ring (bicyclic) bond motifs is 1. The minimum absolute atomic E-state index is 0.131. The van der Waals surface area contributed by atoms with Crippen molar-refractivity contribution in [2.24, 2.45) is 5.92 Å². The van der Waals surface area contributed by atoms with E-state index >= 15 is 0 Å². The molecule has 3 rings (SSSR count). The maximum absolute atomic E-state index is 11.7. The van der Waals surface area contributed by atoms with E-state index in [0.717, 1.165) is 19.3 Å². The molecule has 0 spiro atoms. The molecule has 2 aromatic heterocycles. The number of carbonyl (C=O) groups is 1. The number of nitrogens with one attached hydrogen (secondary N) is 2. The topological polar surface area (TPSA) is 170 Å². The maximum Gasteiger partial charge on any atom is 0.321 e. The van der Waals surface area contributed by atoms with Gasteiger partial charge in [0.05, 0.1) is 19.0 Å². The number of hydrogen-bond acceptors (Lipinski definition) is 10. The number of rotatable bonds is 17. The van der Waals surface area contributed by atoms with Gasteiger partial charge in [0.2, 0.25) is 5.95 Å². The molecule has 0 aromatic carbocycles. The lowest BCUT2D eigenvalue weighted by molar-refractivity contribution is -0.139. The van der Waals surface area contributed by atoms with Crippen LogP contribution in [0.5, 0.6) is 0 Å². The van der Waals surface area contributed by atoms with Crippen LogP contribution in [0.15, 0.2) is 6.33 Å². The third-order valence-electron chi connectivity index (χ3n) is 6.70. The minimum atomic E-state index is -2.09. The van der Waals surface area contributed by atoms with E-state index in [1.165, 1.54) is 32.1 Å². The number of hydrogen-bond donors (Lipinski definition) is 5. The molecule has 1 aliphatic rings. The Morgan fingerprint density at radius 2 is 1.97 bits per heavy atom. The fourth-order valence-corrected chi connectivity index (χ4v) is 5.60. The van der Waals surface area contributed by atoms with E-state index < -0.39 is 20.5 Å². The van der Waals surface area contributed by atoms with Crippen LogP contribution in [0.3, 0.4) is 0 Å². The number of nitrogen functional groups attached to an aromatic ring is 1. The van der Waals surface area contributed by atoms with Crippen LogP contribution in [0.2, 0.25) is 0 Å². The Labute approximate surface area is 219 Å². The molecule has 3 heterocycles. The zero-order valence-corrected chi connectivity index (χ0v) is 23.0. The summed E-state index contributed by atoms with van der Waals surface area (Å²) in [5.41, 5.74) is 7.04. The second kappa shape index (κ2) is 14.7. The number of carboxylic acids is 1. The van der Waals surface area contributed by atoms with E-state index in [2.05, 4.69) is 39.2 Å². The number of unbranched alkanes of at least 4 members (excludes halogenated alkanes) is 7. The van der Waals surface area contributed by atoms with E-state index in [4.69, 9.17) is 15.0 Å². The lowest BCUT2D eigenvalue weighted by Crippen LogP contribution is -2.34. The molecular weight excluding hydrogens is 497 g/mol. The number of carboxylic acid groups (broad SMARTS) is 1. The van der Waals surface area contributed by atoms with Crippen LogP contribution in [0, 0.1) is 5.92 Å². The molecule has 1 aliphatic heterocycles. The van der Waals surface area contributed by atoms with Gasteiger partial charge in [0.1, 0.15) is 12.3 Å². The second-order valence-electron chi connectivity index (χ2n) is 9.72. The fourth-order valence-electron chi connectivity index (χ4n) is 4.71. The zero-order chi connectivity index (χ0) is 26.8. The zero-order valence-electron chi connectivity index (χ0n) is 22.1. The summed E-state index contributed by atoms with van der Waals surface area (Å²) in [5, 5.41) is 15.3. The highest BCUT2D eigenvalue weighted by Gasteiger charge is 2.35. The van der Waals surface area contributed by atoms with E-state index in [9.17, 15) is 14.8 Å². The summed E-state index contributed by atoms with van der Waals surface area (Å²) in [7, 11) is -0.347. The van der Waals surface area contributed by atoms with Crippen molar-refractivity contribution in [2.45, 2.75) is 96.4 Å². The Hall–Kier alpha value is -2.11. The molecule has 4 unspecified atom stereocenters. The summed E-state index contributed by atoms with van der Waals surface area (Å²) >= 11 is 0. The van der Waals surface area contributed by atoms with Gasteiger partial charge in [0.25, 0.3) is 8.53 Å². The van der Waals surface area contributed by atoms with E-state index in [1.54, 1.807) is 13.4 Å². The Kier molecular flexibility index (Phi) is 11.7. The van der Waals surface area contributed by atoms with Crippen molar-refractivity contribution in [3.63, 3.8) is 0 Å². The van der Waals surface area contributed by atoms with Gasteiger partial charge in [-0.15, -0.1) is 0 Å². The number of anilines is 2. The molecule has 5 atom stereocenters. The van der Waals surface area contributed by atoms with Crippen LogP contribution in [-0.4, -0.2) is 61.3 Å². The molecule has 1 fully saturated rings. The van der Waals surface area contributed by atoms with Crippen LogP contribution in [0.1, 0.15) is 84.3 Å². The Balaban J connectivity index is 1.44. The molecule has 1 saturated heterocycles. The molecule has 0 amide bonds. The van der Waals surface area contributed by atoms with Gasteiger partial charge in [0.15, 0.2) is 17.0 Å². The monoisotopic (exact) mass is 539 g/mol. The average molecular weight is 540 g/mol. The van der Waals surface area contributed by atoms with Crippen molar-refractivity contribution in [1.82, 2.24) is 24.6 Å². The molecule has 13 heteroatoms. The molecular formula is C24H42N7O5P. The Morgan fingerprint density at radius 3 is 2.65 bits per heavy atom. The lowest BCUT2D eigenvalue weighted by Gasteiger charge is -2.20. The van der Waals surface area contributed by atoms with Gasteiger partial charge in [-0.1, -0.05) is 65.2 Å². The van der Waals surface area contributed by atoms with Gasteiger partial charge in [0, 0.05) is 13.0 Å². The quantitative estimate of drug-likeness (QED) is 0.144. The smallest absolute Gasteiger partial charge is 0.321 e. The number of nitrogens with zero attached hydrogens (tertiary/aromatic N) is 4. The standard InChI is InChI=1S/C24H42N7O5P/c1-4-5-6-7-8-9-10-11-12-18(23(32)33)30-37(34)35-14-17-13-16(2)22(36-17)31-15-27-19-20(26-3)28-24(25)29-21(19)31/h15-18,22,30,34H,4-14H2,1-3H3,(H,32,33)(H3,25,26,28,29)/t16?,17?,18?,22?,37-/m0/s1. The van der Waals surface area contributed by atoms with Crippen molar-refractivity contribution < 1.29 is 24.1 Å². The Morgan fingerprint density at radius 1 is 1.27 bits per heavy atom. The van der Waals surface area contributed by atoms with Gasteiger partial charge >= 0.3 is 5.97 Å². The largest absolute Gasteiger partial charge is 0.480 e. The first-order chi connectivity index (χ1) is 17.8. The van der Waals surface area contributed by atoms with E-state index in [-0.39, 0.29) is 30.8 Å². The predicted octanol–water partition coefficient (Wildman–Crippen LogP) is 4.18. The highest BCUT2D eigenvalue weighted by molar-refractivity contribution is 7.43. The van der Waals surface area contributed by atoms with Crippen molar-refractivity contribution in [2.75, 3.05) is 24.7 Å². The van der Waals surface area contributed by atoms with Crippen LogP contribution in [0.25, 0.3) is 11.2 Å². The summed E-state index contributed by atoms with van der Waals surface area (Å²) in [6.07, 6.45) is 11.3. The molecule has 2 aromatic rings. The summed E-state index contributed by atoms with van der Waals surface area (Å²) in [6, 6.07) is -0.837. The SMILES string of the molecule is CCCCCCCCCCC(N[P@@](O)OCC1CC(C)C(n2cnc3c(NC)nc(N)nc32)O1)C(=O)O. The van der Waals surface area contributed by atoms with Crippen LogP contribution in [0.4, 0.5) is 11.8 Å². The molecule has 208 valence electrons. The highest BCUT2D eigenvalue weighted by Crippen LogP contribution is 2.38. The molecule has 12 nitrogen and oxygen atoms in total. The van der Waals surface area contributed by atoms with Gasteiger partial charge in [-0.2, -0.15) is 9.97 Å². The number of aromatic nitrogens is 4. The predicted molar refractivity (Wildman–Crippen MR) is 144 cm³/mol. The molecule has 0 radical (unpaired) electrons. The molecule has 37 heavy (non-hydrogen) atoms. The average Bonchev–Trinajstić information content (AvgIpc) is 3.45. The van der Waals surface area contributed by atoms with Gasteiger partial charge in [-0.25, -0.2) is 10.1 Å². The third kappa shape index (κ3) is 8.44. The van der Waals surface area contributed by atoms with Crippen molar-refractivity contribution in [3.8, 4) is 0 Å². The molecule has 0 saturated carbocycles. The van der Waals surface area contributed by atoms with Crippen LogP contribution in [-0.2, 0) is 14.1 Å². The molecule has 0 bridgehead atoms. The number of ether oxygens (including phenoxy) is 1. The van der Waals surface area contributed by atoms with Crippen molar-refractivity contribution in [1.29, 1.82) is 0 Å². The first kappa shape index (κ1) is 29.4. The van der Waals surface area contributed by atoms with Crippen molar-refractivity contribution in [3.05, 3.63) is 6.33 Å². The van der Waals surface area contributed by atoms with E-state index in [0.29, 0.717) is 29.8 Å². The van der Waals surface area contributed by atoms with Gasteiger partial charge in [-0.05, 0) is 12.8 Å². The molecule has 0 aliphatic carbocycles. The summed E-state index contributed by atoms with van der Waals surface area (Å²) in [6.45, 7) is 4.41. The summed E-state index contributed by atoms with van der Waals surface area (Å²) in [5.74, 6) is -0.162. The molecule has 6 N–H and O–H groups in total. The first-order valence-electron chi connectivity index (χ1n) is 13.3. The van der Waals surface area contributed by atoms with Crippen LogP contribution < -0.4 is 16.1 Å². The van der Waals surface area contributed by atoms with Gasteiger partial charge < -0.3 is 30.3 Å². The van der Waals surface area contributed by atoms with Crippen LogP contribution >= 0.6 is 8.53 Å². The van der Waals surface area contributed by atoms with Gasteiger partial charge in [-0.3, -0.25) is 9.36 Å². The number of nitrogens with two attached hydrogens (primary N) is 1.